The molecule has 0 atom stereocenters. The van der Waals surface area contributed by atoms with E-state index in [4.69, 9.17) is 9.47 Å². The highest BCUT2D eigenvalue weighted by atomic mass is 79.9. The van der Waals surface area contributed by atoms with E-state index in [2.05, 4.69) is 15.9 Å². The van der Waals surface area contributed by atoms with E-state index in [1.165, 1.54) is 12.8 Å². The Kier molecular flexibility index (Phi) is 3.48. The summed E-state index contributed by atoms with van der Waals surface area (Å²) in [6.45, 7) is 0. The van der Waals surface area contributed by atoms with Crippen molar-refractivity contribution >= 4 is 15.9 Å². The third-order valence-electron chi connectivity index (χ3n) is 4.05. The van der Waals surface area contributed by atoms with E-state index < -0.39 is 5.60 Å². The fourth-order valence-corrected chi connectivity index (χ4v) is 3.18. The molecule has 19 heavy (non-hydrogen) atoms. The molecule has 0 amide bonds. The van der Waals surface area contributed by atoms with Crippen LogP contribution in [0.25, 0.3) is 0 Å². The quantitative estimate of drug-likeness (QED) is 0.915. The summed E-state index contributed by atoms with van der Waals surface area (Å²) in [5, 5.41) is 10.4. The van der Waals surface area contributed by atoms with Gasteiger partial charge in [-0.1, -0.05) is 15.9 Å². The number of methoxy groups -OCH3 is 1. The number of rotatable bonds is 4. The molecule has 0 bridgehead atoms. The minimum Gasteiger partial charge on any atom is -0.493 e. The third-order valence-corrected chi connectivity index (χ3v) is 4.51. The molecule has 2 aliphatic rings. The van der Waals surface area contributed by atoms with Crippen LogP contribution >= 0.6 is 15.9 Å². The molecule has 0 saturated heterocycles. The number of hydrogen-bond acceptors (Lipinski definition) is 3. The zero-order valence-corrected chi connectivity index (χ0v) is 12.7. The van der Waals surface area contributed by atoms with Crippen molar-refractivity contribution in [3.05, 3.63) is 22.2 Å². The van der Waals surface area contributed by atoms with Gasteiger partial charge < -0.3 is 14.6 Å². The van der Waals surface area contributed by atoms with Gasteiger partial charge in [0.25, 0.3) is 0 Å². The Morgan fingerprint density at radius 1 is 1.26 bits per heavy atom. The Morgan fingerprint density at radius 2 is 1.95 bits per heavy atom. The first kappa shape index (κ1) is 13.3. The van der Waals surface area contributed by atoms with E-state index in [9.17, 15) is 5.11 Å². The van der Waals surface area contributed by atoms with Gasteiger partial charge in [-0.2, -0.15) is 0 Å². The summed E-state index contributed by atoms with van der Waals surface area (Å²) < 4.78 is 12.5. The van der Waals surface area contributed by atoms with Crippen LogP contribution in [0.4, 0.5) is 0 Å². The van der Waals surface area contributed by atoms with Crippen molar-refractivity contribution in [2.45, 2.75) is 50.2 Å². The Bertz CT molecular complexity index is 477. The van der Waals surface area contributed by atoms with Crippen molar-refractivity contribution in [3.8, 4) is 11.5 Å². The summed E-state index contributed by atoms with van der Waals surface area (Å²) in [6, 6.07) is 3.86. The molecular weight excluding hydrogens is 308 g/mol. The highest BCUT2D eigenvalue weighted by molar-refractivity contribution is 9.10. The zero-order valence-electron chi connectivity index (χ0n) is 11.1. The smallest absolute Gasteiger partial charge is 0.167 e. The van der Waals surface area contributed by atoms with Gasteiger partial charge in [-0.3, -0.25) is 0 Å². The van der Waals surface area contributed by atoms with Gasteiger partial charge in [0.05, 0.1) is 18.8 Å². The fraction of sp³-hybridized carbons (Fsp3) is 0.600. The SMILES string of the molecule is COc1cc(Br)cc(C2(O)CC2)c1OC1CCCC1. The maximum atomic E-state index is 10.4. The second-order valence-electron chi connectivity index (χ2n) is 5.54. The lowest BCUT2D eigenvalue weighted by Crippen LogP contribution is -2.16. The molecule has 1 aromatic rings. The number of aliphatic hydroxyl groups is 1. The predicted molar refractivity (Wildman–Crippen MR) is 76.7 cm³/mol. The molecule has 1 aromatic carbocycles. The van der Waals surface area contributed by atoms with Crippen LogP contribution in [0.15, 0.2) is 16.6 Å². The molecule has 0 aromatic heterocycles. The first-order valence-electron chi connectivity index (χ1n) is 6.89. The van der Waals surface area contributed by atoms with E-state index in [1.54, 1.807) is 7.11 Å². The minimum atomic E-state index is -0.717. The van der Waals surface area contributed by atoms with Gasteiger partial charge in [-0.15, -0.1) is 0 Å². The molecule has 2 saturated carbocycles. The minimum absolute atomic E-state index is 0.260. The van der Waals surface area contributed by atoms with Crippen molar-refractivity contribution in [2.24, 2.45) is 0 Å². The Labute approximate surface area is 122 Å². The number of benzene rings is 1. The predicted octanol–water partition coefficient (Wildman–Crippen LogP) is 3.76. The second-order valence-corrected chi connectivity index (χ2v) is 6.46. The van der Waals surface area contributed by atoms with E-state index in [1.807, 2.05) is 12.1 Å². The summed E-state index contributed by atoms with van der Waals surface area (Å²) in [7, 11) is 1.64. The molecule has 2 aliphatic carbocycles. The largest absolute Gasteiger partial charge is 0.493 e. The lowest BCUT2D eigenvalue weighted by atomic mass is 10.1. The van der Waals surface area contributed by atoms with Gasteiger partial charge >= 0.3 is 0 Å². The molecule has 2 fully saturated rings. The van der Waals surface area contributed by atoms with Crippen LogP contribution in [0.3, 0.4) is 0 Å². The van der Waals surface area contributed by atoms with E-state index in [-0.39, 0.29) is 6.10 Å². The second kappa shape index (κ2) is 4.98. The standard InChI is InChI=1S/C15H19BrO3/c1-18-13-9-10(16)8-12(15(17)6-7-15)14(13)19-11-4-2-3-5-11/h8-9,11,17H,2-7H2,1H3. The van der Waals surface area contributed by atoms with Gasteiger partial charge in [0.15, 0.2) is 11.5 Å². The average Bonchev–Trinajstić information content (AvgIpc) is 2.94. The lowest BCUT2D eigenvalue weighted by Gasteiger charge is -2.22. The Hall–Kier alpha value is -0.740. The molecule has 0 spiro atoms. The van der Waals surface area contributed by atoms with Crippen LogP contribution in [0.2, 0.25) is 0 Å². The molecule has 104 valence electrons. The van der Waals surface area contributed by atoms with Gasteiger partial charge in [-0.05, 0) is 50.7 Å². The number of hydrogen-bond donors (Lipinski definition) is 1. The van der Waals surface area contributed by atoms with Crippen molar-refractivity contribution in [1.82, 2.24) is 0 Å². The summed E-state index contributed by atoms with van der Waals surface area (Å²) >= 11 is 3.47. The molecule has 0 unspecified atom stereocenters. The van der Waals surface area contributed by atoms with Crippen molar-refractivity contribution in [3.63, 3.8) is 0 Å². The van der Waals surface area contributed by atoms with Gasteiger partial charge in [0, 0.05) is 10.0 Å². The first-order valence-corrected chi connectivity index (χ1v) is 7.69. The van der Waals surface area contributed by atoms with Crippen LogP contribution in [-0.2, 0) is 5.60 Å². The summed E-state index contributed by atoms with van der Waals surface area (Å²) in [6.07, 6.45) is 6.50. The highest BCUT2D eigenvalue weighted by Crippen LogP contribution is 2.52. The fourth-order valence-electron chi connectivity index (χ4n) is 2.75. The topological polar surface area (TPSA) is 38.7 Å². The molecule has 0 aliphatic heterocycles. The molecule has 1 N–H and O–H groups in total. The van der Waals surface area contributed by atoms with Crippen LogP contribution in [0, 0.1) is 0 Å². The molecule has 3 rings (SSSR count). The average molecular weight is 327 g/mol. The van der Waals surface area contributed by atoms with Crippen LogP contribution in [-0.4, -0.2) is 18.3 Å². The summed E-state index contributed by atoms with van der Waals surface area (Å²) in [5.74, 6) is 1.44. The van der Waals surface area contributed by atoms with Gasteiger partial charge in [0.1, 0.15) is 0 Å². The zero-order chi connectivity index (χ0) is 13.5. The summed E-state index contributed by atoms with van der Waals surface area (Å²) in [4.78, 5) is 0. The number of halogens is 1. The molecule has 0 heterocycles. The molecule has 0 radical (unpaired) electrons. The van der Waals surface area contributed by atoms with E-state index in [0.717, 1.165) is 41.5 Å². The van der Waals surface area contributed by atoms with Crippen molar-refractivity contribution in [2.75, 3.05) is 7.11 Å². The van der Waals surface area contributed by atoms with Gasteiger partial charge in [0.2, 0.25) is 0 Å². The normalized spacial score (nSPS) is 21.4. The highest BCUT2D eigenvalue weighted by Gasteiger charge is 2.45. The van der Waals surface area contributed by atoms with Crippen LogP contribution < -0.4 is 9.47 Å². The van der Waals surface area contributed by atoms with Crippen molar-refractivity contribution in [1.29, 1.82) is 0 Å². The number of ether oxygens (including phenoxy) is 2. The Morgan fingerprint density at radius 3 is 2.53 bits per heavy atom. The molecular formula is C15H19BrO3. The maximum Gasteiger partial charge on any atom is 0.167 e. The molecule has 3 nitrogen and oxygen atoms in total. The van der Waals surface area contributed by atoms with E-state index >= 15 is 0 Å². The van der Waals surface area contributed by atoms with Crippen LogP contribution in [0.1, 0.15) is 44.1 Å². The van der Waals surface area contributed by atoms with E-state index in [0.29, 0.717) is 5.75 Å². The third kappa shape index (κ3) is 2.61. The van der Waals surface area contributed by atoms with Gasteiger partial charge in [-0.25, -0.2) is 0 Å². The maximum absolute atomic E-state index is 10.4. The van der Waals surface area contributed by atoms with Crippen LogP contribution in [0.5, 0.6) is 11.5 Å². The lowest BCUT2D eigenvalue weighted by molar-refractivity contribution is 0.136. The monoisotopic (exact) mass is 326 g/mol. The first-order chi connectivity index (χ1) is 9.12. The Balaban J connectivity index is 1.98. The summed E-state index contributed by atoms with van der Waals surface area (Å²) in [5.41, 5.74) is 0.149. The van der Waals surface area contributed by atoms with Crippen molar-refractivity contribution < 1.29 is 14.6 Å². The molecule has 4 heteroatoms.